The van der Waals surface area contributed by atoms with E-state index in [1.807, 2.05) is 0 Å². The highest BCUT2D eigenvalue weighted by molar-refractivity contribution is 7.92. The Morgan fingerprint density at radius 2 is 1.62 bits per heavy atom. The maximum absolute atomic E-state index is 13.0. The SMILES string of the molecule is CCCS(=O)(=O)Nc1ccc(C(=O)N2CCN(C(=O)Cc3ccc(F)cc3)CC2)cc1C. The molecule has 0 unspecified atom stereocenters. The maximum atomic E-state index is 13.0. The Labute approximate surface area is 188 Å². The van der Waals surface area contributed by atoms with Crippen LogP contribution in [0, 0.1) is 12.7 Å². The van der Waals surface area contributed by atoms with Gasteiger partial charge in [-0.25, -0.2) is 12.8 Å². The fraction of sp³-hybridized carbons (Fsp3) is 0.391. The van der Waals surface area contributed by atoms with Crippen LogP contribution in [0.25, 0.3) is 0 Å². The van der Waals surface area contributed by atoms with Gasteiger partial charge in [0.05, 0.1) is 17.9 Å². The molecule has 1 N–H and O–H groups in total. The van der Waals surface area contributed by atoms with Crippen LogP contribution < -0.4 is 4.72 Å². The van der Waals surface area contributed by atoms with Crippen LogP contribution in [-0.4, -0.2) is 62.0 Å². The summed E-state index contributed by atoms with van der Waals surface area (Å²) in [6.45, 7) is 5.24. The quantitative estimate of drug-likeness (QED) is 0.687. The van der Waals surface area contributed by atoms with Gasteiger partial charge in [0.2, 0.25) is 15.9 Å². The van der Waals surface area contributed by atoms with Gasteiger partial charge in [0, 0.05) is 31.7 Å². The number of aryl methyl sites for hydroxylation is 1. The molecule has 2 aromatic carbocycles. The molecule has 0 aliphatic carbocycles. The summed E-state index contributed by atoms with van der Waals surface area (Å²) in [6, 6.07) is 10.8. The number of sulfonamides is 1. The van der Waals surface area contributed by atoms with Crippen molar-refractivity contribution in [2.75, 3.05) is 36.7 Å². The highest BCUT2D eigenvalue weighted by Crippen LogP contribution is 2.20. The Morgan fingerprint density at radius 1 is 1.00 bits per heavy atom. The zero-order valence-electron chi connectivity index (χ0n) is 18.3. The second-order valence-corrected chi connectivity index (χ2v) is 9.77. The fourth-order valence-corrected chi connectivity index (χ4v) is 4.83. The Bertz CT molecular complexity index is 1080. The van der Waals surface area contributed by atoms with Crippen molar-refractivity contribution >= 4 is 27.5 Å². The highest BCUT2D eigenvalue weighted by Gasteiger charge is 2.25. The third kappa shape index (κ3) is 6.06. The van der Waals surface area contributed by atoms with Crippen LogP contribution in [0.2, 0.25) is 0 Å². The summed E-state index contributed by atoms with van der Waals surface area (Å²) in [5.41, 5.74) is 2.36. The summed E-state index contributed by atoms with van der Waals surface area (Å²) in [5.74, 6) is -0.503. The molecule has 172 valence electrons. The number of amides is 2. The number of carbonyl (C=O) groups excluding carboxylic acids is 2. The van der Waals surface area contributed by atoms with Gasteiger partial charge in [0.25, 0.3) is 5.91 Å². The smallest absolute Gasteiger partial charge is 0.253 e. The van der Waals surface area contributed by atoms with E-state index in [1.54, 1.807) is 54.0 Å². The molecular weight excluding hydrogens is 433 g/mol. The minimum absolute atomic E-state index is 0.0390. The molecule has 2 amide bonds. The van der Waals surface area contributed by atoms with E-state index in [1.165, 1.54) is 12.1 Å². The molecule has 0 saturated carbocycles. The Balaban J connectivity index is 1.57. The lowest BCUT2D eigenvalue weighted by Gasteiger charge is -2.35. The van der Waals surface area contributed by atoms with Gasteiger partial charge in [-0.3, -0.25) is 14.3 Å². The number of nitrogens with zero attached hydrogens (tertiary/aromatic N) is 2. The largest absolute Gasteiger partial charge is 0.339 e. The minimum atomic E-state index is -3.40. The number of hydrogen-bond donors (Lipinski definition) is 1. The summed E-state index contributed by atoms with van der Waals surface area (Å²) < 4.78 is 39.6. The van der Waals surface area contributed by atoms with E-state index < -0.39 is 10.0 Å². The van der Waals surface area contributed by atoms with E-state index in [-0.39, 0.29) is 29.8 Å². The molecule has 0 spiro atoms. The lowest BCUT2D eigenvalue weighted by molar-refractivity contribution is -0.131. The maximum Gasteiger partial charge on any atom is 0.253 e. The molecule has 0 aromatic heterocycles. The monoisotopic (exact) mass is 461 g/mol. The molecule has 3 rings (SSSR count). The zero-order chi connectivity index (χ0) is 23.3. The normalized spacial score (nSPS) is 14.3. The van der Waals surface area contributed by atoms with Crippen molar-refractivity contribution < 1.29 is 22.4 Å². The standard InChI is InChI=1S/C23H28FN3O4S/c1-3-14-32(30,31)25-21-9-6-19(15-17(21)2)23(29)27-12-10-26(11-13-27)22(28)16-18-4-7-20(24)8-5-18/h4-9,15,25H,3,10-14,16H2,1-2H3. The molecule has 1 aliphatic rings. The van der Waals surface area contributed by atoms with Crippen molar-refractivity contribution in [1.29, 1.82) is 0 Å². The average molecular weight is 462 g/mol. The number of piperazine rings is 1. The van der Waals surface area contributed by atoms with Gasteiger partial charge in [-0.2, -0.15) is 0 Å². The number of hydrogen-bond acceptors (Lipinski definition) is 4. The molecule has 9 heteroatoms. The molecule has 2 aromatic rings. The van der Waals surface area contributed by atoms with Gasteiger partial charge in [-0.1, -0.05) is 19.1 Å². The average Bonchev–Trinajstić information content (AvgIpc) is 2.76. The highest BCUT2D eigenvalue weighted by atomic mass is 32.2. The first-order valence-corrected chi connectivity index (χ1v) is 12.3. The van der Waals surface area contributed by atoms with Crippen molar-refractivity contribution in [1.82, 2.24) is 9.80 Å². The second kappa shape index (κ2) is 10.1. The first-order chi connectivity index (χ1) is 15.2. The van der Waals surface area contributed by atoms with Crippen LogP contribution >= 0.6 is 0 Å². The topological polar surface area (TPSA) is 86.8 Å². The molecule has 32 heavy (non-hydrogen) atoms. The number of nitrogens with one attached hydrogen (secondary N) is 1. The minimum Gasteiger partial charge on any atom is -0.339 e. The third-order valence-electron chi connectivity index (χ3n) is 5.40. The predicted molar refractivity (Wildman–Crippen MR) is 121 cm³/mol. The summed E-state index contributed by atoms with van der Waals surface area (Å²) in [4.78, 5) is 28.8. The van der Waals surface area contributed by atoms with Gasteiger partial charge in [0.15, 0.2) is 0 Å². The molecular formula is C23H28FN3O4S. The van der Waals surface area contributed by atoms with E-state index in [2.05, 4.69) is 4.72 Å². The van der Waals surface area contributed by atoms with E-state index in [0.717, 1.165) is 5.56 Å². The van der Waals surface area contributed by atoms with Crippen LogP contribution in [0.15, 0.2) is 42.5 Å². The van der Waals surface area contributed by atoms with E-state index in [9.17, 15) is 22.4 Å². The van der Waals surface area contributed by atoms with Gasteiger partial charge in [-0.15, -0.1) is 0 Å². The van der Waals surface area contributed by atoms with Crippen LogP contribution in [0.4, 0.5) is 10.1 Å². The van der Waals surface area contributed by atoms with E-state index in [0.29, 0.717) is 49.4 Å². The molecule has 0 bridgehead atoms. The lowest BCUT2D eigenvalue weighted by atomic mass is 10.1. The number of benzene rings is 2. The summed E-state index contributed by atoms with van der Waals surface area (Å²) in [7, 11) is -3.40. The Kier molecular flexibility index (Phi) is 7.50. The Hall–Kier alpha value is -2.94. The molecule has 1 saturated heterocycles. The molecule has 1 fully saturated rings. The third-order valence-corrected chi connectivity index (χ3v) is 6.88. The number of rotatable bonds is 7. The summed E-state index contributed by atoms with van der Waals surface area (Å²) in [5, 5.41) is 0. The zero-order valence-corrected chi connectivity index (χ0v) is 19.1. The lowest BCUT2D eigenvalue weighted by Crippen LogP contribution is -2.51. The molecule has 1 heterocycles. The predicted octanol–water partition coefficient (Wildman–Crippen LogP) is 2.81. The second-order valence-electron chi connectivity index (χ2n) is 7.93. The first kappa shape index (κ1) is 23.7. The number of halogens is 1. The van der Waals surface area contributed by atoms with E-state index >= 15 is 0 Å². The van der Waals surface area contributed by atoms with Gasteiger partial charge < -0.3 is 9.80 Å². The molecule has 0 radical (unpaired) electrons. The van der Waals surface area contributed by atoms with Crippen LogP contribution in [-0.2, 0) is 21.2 Å². The van der Waals surface area contributed by atoms with Crippen molar-refractivity contribution in [2.45, 2.75) is 26.7 Å². The van der Waals surface area contributed by atoms with Crippen molar-refractivity contribution in [3.63, 3.8) is 0 Å². The van der Waals surface area contributed by atoms with Crippen molar-refractivity contribution in [3.8, 4) is 0 Å². The van der Waals surface area contributed by atoms with Gasteiger partial charge in [-0.05, 0) is 54.8 Å². The molecule has 1 aliphatic heterocycles. The van der Waals surface area contributed by atoms with E-state index in [4.69, 9.17) is 0 Å². The number of carbonyl (C=O) groups is 2. The number of anilines is 1. The van der Waals surface area contributed by atoms with Gasteiger partial charge >= 0.3 is 0 Å². The first-order valence-electron chi connectivity index (χ1n) is 10.6. The fourth-order valence-electron chi connectivity index (χ4n) is 3.63. The van der Waals surface area contributed by atoms with Crippen molar-refractivity contribution in [2.24, 2.45) is 0 Å². The van der Waals surface area contributed by atoms with Crippen molar-refractivity contribution in [3.05, 3.63) is 65.0 Å². The summed E-state index contributed by atoms with van der Waals surface area (Å²) >= 11 is 0. The Morgan fingerprint density at radius 3 is 2.22 bits per heavy atom. The van der Waals surface area contributed by atoms with Crippen LogP contribution in [0.5, 0.6) is 0 Å². The molecule has 7 nitrogen and oxygen atoms in total. The van der Waals surface area contributed by atoms with Crippen LogP contribution in [0.1, 0.15) is 34.8 Å². The summed E-state index contributed by atoms with van der Waals surface area (Å²) in [6.07, 6.45) is 0.714. The van der Waals surface area contributed by atoms with Crippen LogP contribution in [0.3, 0.4) is 0 Å². The van der Waals surface area contributed by atoms with Gasteiger partial charge in [0.1, 0.15) is 5.82 Å². The molecule has 0 atom stereocenters.